The first-order chi connectivity index (χ1) is 13.5. The Labute approximate surface area is 156 Å². The molecule has 0 spiro atoms. The van der Waals surface area contributed by atoms with Gasteiger partial charge in [-0.25, -0.2) is 18.7 Å². The summed E-state index contributed by atoms with van der Waals surface area (Å²) >= 11 is 0. The Morgan fingerprint density at radius 3 is 2.54 bits per heavy atom. The number of halogens is 2. The summed E-state index contributed by atoms with van der Waals surface area (Å²) in [6, 6.07) is 7.55. The van der Waals surface area contributed by atoms with Crippen molar-refractivity contribution < 1.29 is 23.2 Å². The van der Waals surface area contributed by atoms with Gasteiger partial charge in [-0.05, 0) is 24.3 Å². The summed E-state index contributed by atoms with van der Waals surface area (Å²) in [5.41, 5.74) is -0.381. The van der Waals surface area contributed by atoms with E-state index in [2.05, 4.69) is 20.6 Å². The van der Waals surface area contributed by atoms with Crippen LogP contribution in [0.2, 0.25) is 0 Å². The minimum absolute atomic E-state index is 0.0830. The molecule has 1 aromatic heterocycles. The fourth-order valence-corrected chi connectivity index (χ4v) is 2.57. The molecule has 0 bridgehead atoms. The van der Waals surface area contributed by atoms with Crippen LogP contribution in [0.3, 0.4) is 0 Å². The fraction of sp³-hybridized carbons (Fsp3) is 0.0588. The van der Waals surface area contributed by atoms with Crippen molar-refractivity contribution in [3.8, 4) is 11.5 Å². The van der Waals surface area contributed by atoms with Gasteiger partial charge in [-0.1, -0.05) is 0 Å². The summed E-state index contributed by atoms with van der Waals surface area (Å²) in [5.74, 6) is -0.918. The third-order valence-corrected chi connectivity index (χ3v) is 3.82. The van der Waals surface area contributed by atoms with Crippen LogP contribution in [0.5, 0.6) is 11.5 Å². The Bertz CT molecular complexity index is 1080. The molecule has 9 nitrogen and oxygen atoms in total. The van der Waals surface area contributed by atoms with Gasteiger partial charge in [0.1, 0.15) is 18.0 Å². The molecular weight excluding hydrogens is 376 g/mol. The fourth-order valence-electron chi connectivity index (χ4n) is 2.57. The zero-order valence-electron chi connectivity index (χ0n) is 14.0. The van der Waals surface area contributed by atoms with Gasteiger partial charge in [0.15, 0.2) is 11.5 Å². The van der Waals surface area contributed by atoms with Crippen LogP contribution < -0.4 is 20.1 Å². The standard InChI is InChI=1S/C17H11F2N5O4/c18-9-1-3-11(19)12(5-9)23-17-15(24(25)26)16(20-7-21-17)22-10-2-4-13-14(6-10)28-8-27-13/h1-7H,8H2,(H2,20,21,22,23). The lowest BCUT2D eigenvalue weighted by Crippen LogP contribution is -2.06. The molecular formula is C17H11F2N5O4. The van der Waals surface area contributed by atoms with Crippen molar-refractivity contribution >= 4 is 28.7 Å². The Morgan fingerprint density at radius 1 is 1.00 bits per heavy atom. The van der Waals surface area contributed by atoms with Crippen LogP contribution in [-0.2, 0) is 0 Å². The number of rotatable bonds is 5. The number of ether oxygens (including phenoxy) is 2. The molecule has 1 aliphatic rings. The van der Waals surface area contributed by atoms with E-state index in [1.165, 1.54) is 0 Å². The van der Waals surface area contributed by atoms with Crippen LogP contribution in [-0.4, -0.2) is 21.7 Å². The third kappa shape index (κ3) is 3.32. The van der Waals surface area contributed by atoms with Gasteiger partial charge in [-0.2, -0.15) is 0 Å². The van der Waals surface area contributed by atoms with Gasteiger partial charge in [0.2, 0.25) is 18.4 Å². The Morgan fingerprint density at radius 2 is 1.75 bits per heavy atom. The minimum Gasteiger partial charge on any atom is -0.454 e. The molecule has 2 heterocycles. The van der Waals surface area contributed by atoms with Crippen LogP contribution in [0.15, 0.2) is 42.7 Å². The van der Waals surface area contributed by atoms with Crippen molar-refractivity contribution in [2.45, 2.75) is 0 Å². The molecule has 1 aliphatic heterocycles. The molecule has 0 radical (unpaired) electrons. The largest absolute Gasteiger partial charge is 0.454 e. The van der Waals surface area contributed by atoms with E-state index in [9.17, 15) is 18.9 Å². The molecule has 0 unspecified atom stereocenters. The molecule has 0 amide bonds. The second kappa shape index (κ2) is 6.95. The van der Waals surface area contributed by atoms with E-state index in [0.29, 0.717) is 17.2 Å². The Hall–Kier alpha value is -4.02. The molecule has 11 heteroatoms. The van der Waals surface area contributed by atoms with E-state index >= 15 is 0 Å². The van der Waals surface area contributed by atoms with Crippen molar-refractivity contribution in [2.75, 3.05) is 17.4 Å². The quantitative estimate of drug-likeness (QED) is 0.501. The maximum absolute atomic E-state index is 13.9. The highest BCUT2D eigenvalue weighted by atomic mass is 19.1. The van der Waals surface area contributed by atoms with Gasteiger partial charge < -0.3 is 20.1 Å². The molecule has 0 fully saturated rings. The maximum atomic E-state index is 13.9. The average Bonchev–Trinajstić information content (AvgIpc) is 3.12. The number of nitro groups is 1. The second-order valence-corrected chi connectivity index (χ2v) is 5.62. The van der Waals surface area contributed by atoms with Crippen molar-refractivity contribution in [2.24, 2.45) is 0 Å². The summed E-state index contributed by atoms with van der Waals surface area (Å²) in [6.07, 6.45) is 1.06. The smallest absolute Gasteiger partial charge is 0.353 e. The minimum atomic E-state index is -0.792. The van der Waals surface area contributed by atoms with Gasteiger partial charge in [-0.15, -0.1) is 0 Å². The topological polar surface area (TPSA) is 111 Å². The monoisotopic (exact) mass is 387 g/mol. The van der Waals surface area contributed by atoms with Gasteiger partial charge >= 0.3 is 5.69 Å². The first-order valence-corrected chi connectivity index (χ1v) is 7.89. The van der Waals surface area contributed by atoms with E-state index in [1.54, 1.807) is 18.2 Å². The molecule has 0 aliphatic carbocycles. The molecule has 28 heavy (non-hydrogen) atoms. The molecule has 0 saturated carbocycles. The summed E-state index contributed by atoms with van der Waals surface area (Å²) in [7, 11) is 0. The highest BCUT2D eigenvalue weighted by Gasteiger charge is 2.25. The zero-order chi connectivity index (χ0) is 19.7. The highest BCUT2D eigenvalue weighted by Crippen LogP contribution is 2.37. The van der Waals surface area contributed by atoms with E-state index < -0.39 is 22.2 Å². The molecule has 4 rings (SSSR count). The summed E-state index contributed by atoms with van der Waals surface area (Å²) < 4.78 is 37.7. The van der Waals surface area contributed by atoms with Crippen LogP contribution in [0.4, 0.5) is 37.5 Å². The van der Waals surface area contributed by atoms with Crippen molar-refractivity contribution in [3.05, 3.63) is 64.5 Å². The predicted molar refractivity (Wildman–Crippen MR) is 94.2 cm³/mol. The van der Waals surface area contributed by atoms with Gasteiger partial charge in [0.05, 0.1) is 10.6 Å². The summed E-state index contributed by atoms with van der Waals surface area (Å²) in [5, 5.41) is 16.8. The van der Waals surface area contributed by atoms with Gasteiger partial charge in [0, 0.05) is 17.8 Å². The number of hydrogen-bond donors (Lipinski definition) is 2. The number of anilines is 4. The highest BCUT2D eigenvalue weighted by molar-refractivity contribution is 5.77. The number of aromatic nitrogens is 2. The van der Waals surface area contributed by atoms with Gasteiger partial charge in [0.25, 0.3) is 0 Å². The number of fused-ring (bicyclic) bond motifs is 1. The third-order valence-electron chi connectivity index (χ3n) is 3.82. The predicted octanol–water partition coefficient (Wildman–Crippen LogP) is 3.88. The number of benzene rings is 2. The summed E-state index contributed by atoms with van der Waals surface area (Å²) in [6.45, 7) is 0.0830. The van der Waals surface area contributed by atoms with Crippen LogP contribution in [0, 0.1) is 21.7 Å². The Balaban J connectivity index is 1.69. The van der Waals surface area contributed by atoms with Crippen LogP contribution in [0.1, 0.15) is 0 Å². The second-order valence-electron chi connectivity index (χ2n) is 5.62. The lowest BCUT2D eigenvalue weighted by molar-refractivity contribution is -0.383. The SMILES string of the molecule is O=[N+]([O-])c1c(Nc2ccc3c(c2)OCO3)ncnc1Nc1cc(F)ccc1F. The summed E-state index contributed by atoms with van der Waals surface area (Å²) in [4.78, 5) is 18.5. The number of hydrogen-bond acceptors (Lipinski definition) is 8. The molecule has 2 aromatic carbocycles. The van der Waals surface area contributed by atoms with Crippen LogP contribution in [0.25, 0.3) is 0 Å². The maximum Gasteiger partial charge on any atom is 0.353 e. The molecule has 0 atom stereocenters. The average molecular weight is 387 g/mol. The lowest BCUT2D eigenvalue weighted by Gasteiger charge is -2.11. The molecule has 3 aromatic rings. The van der Waals surface area contributed by atoms with E-state index in [1.807, 2.05) is 0 Å². The molecule has 142 valence electrons. The van der Waals surface area contributed by atoms with Gasteiger partial charge in [-0.3, -0.25) is 10.1 Å². The van der Waals surface area contributed by atoms with E-state index in [0.717, 1.165) is 24.5 Å². The number of nitrogens with zero attached hydrogens (tertiary/aromatic N) is 3. The molecule has 0 saturated heterocycles. The first-order valence-electron chi connectivity index (χ1n) is 7.89. The van der Waals surface area contributed by atoms with Crippen molar-refractivity contribution in [1.29, 1.82) is 0 Å². The van der Waals surface area contributed by atoms with E-state index in [4.69, 9.17) is 9.47 Å². The normalized spacial score (nSPS) is 11.9. The first kappa shape index (κ1) is 17.4. The zero-order valence-corrected chi connectivity index (χ0v) is 14.0. The lowest BCUT2D eigenvalue weighted by atomic mass is 10.2. The number of nitrogens with one attached hydrogen (secondary N) is 2. The Kier molecular flexibility index (Phi) is 4.32. The van der Waals surface area contributed by atoms with Crippen molar-refractivity contribution in [3.63, 3.8) is 0 Å². The van der Waals surface area contributed by atoms with E-state index in [-0.39, 0.29) is 24.1 Å². The van der Waals surface area contributed by atoms with Crippen LogP contribution >= 0.6 is 0 Å². The molecule has 2 N–H and O–H groups in total. The van der Waals surface area contributed by atoms with Crippen molar-refractivity contribution in [1.82, 2.24) is 9.97 Å².